The number of nitrogens with zero attached hydrogens (tertiary/aromatic N) is 2. The van der Waals surface area contributed by atoms with Crippen LogP contribution in [-0.4, -0.2) is 19.6 Å². The Morgan fingerprint density at radius 2 is 2.10 bits per heavy atom. The predicted octanol–water partition coefficient (Wildman–Crippen LogP) is 4.83. The average molecular weight is 496 g/mol. The Balaban J connectivity index is 1.90. The van der Waals surface area contributed by atoms with Crippen molar-refractivity contribution >= 4 is 44.3 Å². The van der Waals surface area contributed by atoms with Crippen LogP contribution >= 0.6 is 27.3 Å². The minimum absolute atomic E-state index is 0.0792. The number of hydrogen-bond donors (Lipinski definition) is 1. The lowest BCUT2D eigenvalue weighted by atomic mass is 9.96. The van der Waals surface area contributed by atoms with Gasteiger partial charge in [0.05, 0.1) is 12.7 Å². The highest BCUT2D eigenvalue weighted by molar-refractivity contribution is 9.10. The Bertz CT molecular complexity index is 1180. The van der Waals surface area contributed by atoms with Gasteiger partial charge in [-0.2, -0.15) is 10.5 Å². The van der Waals surface area contributed by atoms with E-state index in [1.165, 1.54) is 24.5 Å². The zero-order valence-electron chi connectivity index (χ0n) is 16.8. The second kappa shape index (κ2) is 10.2. The van der Waals surface area contributed by atoms with E-state index in [2.05, 4.69) is 33.2 Å². The molecule has 1 N–H and O–H groups in total. The molecule has 0 saturated heterocycles. The summed E-state index contributed by atoms with van der Waals surface area (Å²) in [6.07, 6.45) is 10.5. The van der Waals surface area contributed by atoms with E-state index in [1.54, 1.807) is 12.1 Å². The molecule has 1 heterocycles. The summed E-state index contributed by atoms with van der Waals surface area (Å²) in [6, 6.07) is 7.45. The van der Waals surface area contributed by atoms with Crippen LogP contribution in [0.4, 0.5) is 5.00 Å². The maximum Gasteiger partial charge on any atom is 0.266 e. The minimum Gasteiger partial charge on any atom is -0.493 e. The summed E-state index contributed by atoms with van der Waals surface area (Å²) in [6.45, 7) is 0.0792. The fourth-order valence-electron chi connectivity index (χ4n) is 3.30. The maximum atomic E-state index is 12.8. The van der Waals surface area contributed by atoms with Crippen molar-refractivity contribution < 1.29 is 14.3 Å². The van der Waals surface area contributed by atoms with E-state index < -0.39 is 5.91 Å². The van der Waals surface area contributed by atoms with E-state index >= 15 is 0 Å². The van der Waals surface area contributed by atoms with Crippen LogP contribution in [0.5, 0.6) is 11.5 Å². The van der Waals surface area contributed by atoms with Gasteiger partial charge in [-0.15, -0.1) is 17.8 Å². The van der Waals surface area contributed by atoms with Crippen LogP contribution in [0.3, 0.4) is 0 Å². The Morgan fingerprint density at radius 3 is 2.77 bits per heavy atom. The zero-order chi connectivity index (χ0) is 22.4. The average Bonchev–Trinajstić information content (AvgIpc) is 3.13. The Morgan fingerprint density at radius 1 is 1.32 bits per heavy atom. The molecule has 156 valence electrons. The van der Waals surface area contributed by atoms with E-state index in [9.17, 15) is 15.3 Å². The highest BCUT2D eigenvalue weighted by atomic mass is 79.9. The molecule has 0 fully saturated rings. The molecule has 1 aliphatic carbocycles. The van der Waals surface area contributed by atoms with E-state index in [0.29, 0.717) is 32.1 Å². The molecule has 6 nitrogen and oxygen atoms in total. The summed E-state index contributed by atoms with van der Waals surface area (Å²) in [5.41, 5.74) is 1.98. The molecular weight excluding hydrogens is 478 g/mol. The van der Waals surface area contributed by atoms with Crippen molar-refractivity contribution in [2.75, 3.05) is 19.0 Å². The molecule has 31 heavy (non-hydrogen) atoms. The SMILES string of the molecule is C#CCOc1cc(Br)c(/C=C(\C#N)C(=O)Nc2sc3c(c2C#N)CCCC3)cc1OC. The van der Waals surface area contributed by atoms with Gasteiger partial charge >= 0.3 is 0 Å². The van der Waals surface area contributed by atoms with Crippen molar-refractivity contribution in [3.05, 3.63) is 43.7 Å². The lowest BCUT2D eigenvalue weighted by Crippen LogP contribution is -2.13. The first-order valence-corrected chi connectivity index (χ1v) is 11.0. The molecule has 3 rings (SSSR count). The molecule has 0 aliphatic heterocycles. The smallest absolute Gasteiger partial charge is 0.266 e. The van der Waals surface area contributed by atoms with Crippen molar-refractivity contribution in [1.82, 2.24) is 0 Å². The molecule has 1 aliphatic rings. The third-order valence-electron chi connectivity index (χ3n) is 4.77. The highest BCUT2D eigenvalue weighted by Gasteiger charge is 2.23. The van der Waals surface area contributed by atoms with Crippen molar-refractivity contribution in [2.45, 2.75) is 25.7 Å². The summed E-state index contributed by atoms with van der Waals surface area (Å²) in [5.74, 6) is 2.67. The van der Waals surface area contributed by atoms with Gasteiger partial charge in [0, 0.05) is 9.35 Å². The Hall–Kier alpha value is -3.25. The number of ether oxygens (including phenoxy) is 2. The van der Waals surface area contributed by atoms with Crippen molar-refractivity contribution in [3.8, 4) is 36.0 Å². The maximum absolute atomic E-state index is 12.8. The monoisotopic (exact) mass is 495 g/mol. The molecule has 1 aromatic heterocycles. The van der Waals surface area contributed by atoms with Gasteiger partial charge in [-0.3, -0.25) is 4.79 Å². The number of aryl methyl sites for hydroxylation is 1. The molecule has 0 atom stereocenters. The van der Waals surface area contributed by atoms with Gasteiger partial charge < -0.3 is 14.8 Å². The summed E-state index contributed by atoms with van der Waals surface area (Å²) in [5, 5.41) is 22.4. The fourth-order valence-corrected chi connectivity index (χ4v) is 4.97. The zero-order valence-corrected chi connectivity index (χ0v) is 19.2. The van der Waals surface area contributed by atoms with Crippen molar-refractivity contribution in [2.24, 2.45) is 0 Å². The van der Waals surface area contributed by atoms with Gasteiger partial charge in [-0.05, 0) is 55.0 Å². The summed E-state index contributed by atoms with van der Waals surface area (Å²) < 4.78 is 11.4. The molecule has 2 aromatic rings. The summed E-state index contributed by atoms with van der Waals surface area (Å²) in [7, 11) is 1.49. The van der Waals surface area contributed by atoms with E-state index in [0.717, 1.165) is 36.1 Å². The van der Waals surface area contributed by atoms with Gasteiger partial charge in [0.1, 0.15) is 29.3 Å². The first-order chi connectivity index (χ1) is 15.0. The number of nitriles is 2. The number of terminal acetylenes is 1. The molecule has 1 amide bonds. The number of rotatable bonds is 6. The van der Waals surface area contributed by atoms with Crippen LogP contribution in [0.1, 0.15) is 34.4 Å². The number of fused-ring (bicyclic) bond motifs is 1. The Labute approximate surface area is 193 Å². The number of carbonyl (C=O) groups excluding carboxylic acids is 1. The predicted molar refractivity (Wildman–Crippen MR) is 123 cm³/mol. The highest BCUT2D eigenvalue weighted by Crippen LogP contribution is 2.38. The minimum atomic E-state index is -0.573. The van der Waals surface area contributed by atoms with E-state index in [-0.39, 0.29) is 12.2 Å². The number of methoxy groups -OCH3 is 1. The lowest BCUT2D eigenvalue weighted by Gasteiger charge is -2.11. The molecule has 0 saturated carbocycles. The largest absolute Gasteiger partial charge is 0.493 e. The number of carbonyl (C=O) groups is 1. The molecule has 0 radical (unpaired) electrons. The summed E-state index contributed by atoms with van der Waals surface area (Å²) in [4.78, 5) is 13.9. The molecule has 0 unspecified atom stereocenters. The lowest BCUT2D eigenvalue weighted by molar-refractivity contribution is -0.112. The number of thiophene rings is 1. The van der Waals surface area contributed by atoms with Crippen molar-refractivity contribution in [1.29, 1.82) is 10.5 Å². The normalized spacial score (nSPS) is 12.7. The van der Waals surface area contributed by atoms with Crippen LogP contribution in [0.25, 0.3) is 6.08 Å². The standard InChI is InChI=1S/C23H18BrN3O3S/c1-3-8-30-20-11-18(24)14(10-19(20)29-2)9-15(12-25)22(28)27-23-17(13-26)16-6-4-5-7-21(16)31-23/h1,9-11H,4-8H2,2H3,(H,27,28)/b15-9+. The number of amides is 1. The second-order valence-corrected chi connectivity index (χ2v) is 8.63. The summed E-state index contributed by atoms with van der Waals surface area (Å²) >= 11 is 4.84. The van der Waals surface area contributed by atoms with Gasteiger partial charge in [-0.1, -0.05) is 21.9 Å². The number of anilines is 1. The number of hydrogen-bond acceptors (Lipinski definition) is 6. The second-order valence-electron chi connectivity index (χ2n) is 6.67. The van der Waals surface area contributed by atoms with Gasteiger partial charge in [0.25, 0.3) is 5.91 Å². The van der Waals surface area contributed by atoms with Crippen LogP contribution in [0.2, 0.25) is 0 Å². The molecule has 1 aromatic carbocycles. The number of nitrogens with one attached hydrogen (secondary N) is 1. The number of benzene rings is 1. The molecule has 0 spiro atoms. The van der Waals surface area contributed by atoms with Gasteiger partial charge in [-0.25, -0.2) is 0 Å². The first kappa shape index (κ1) is 22.4. The molecule has 0 bridgehead atoms. The number of halogens is 1. The first-order valence-electron chi connectivity index (χ1n) is 9.44. The van der Waals surface area contributed by atoms with Crippen LogP contribution in [0, 0.1) is 35.0 Å². The van der Waals surface area contributed by atoms with Crippen LogP contribution < -0.4 is 14.8 Å². The van der Waals surface area contributed by atoms with Crippen LogP contribution in [-0.2, 0) is 17.6 Å². The molecule has 8 heteroatoms. The van der Waals surface area contributed by atoms with Gasteiger partial charge in [0.15, 0.2) is 11.5 Å². The third-order valence-corrected chi connectivity index (χ3v) is 6.66. The fraction of sp³-hybridized carbons (Fsp3) is 0.261. The van der Waals surface area contributed by atoms with Crippen molar-refractivity contribution in [3.63, 3.8) is 0 Å². The van der Waals surface area contributed by atoms with E-state index in [1.807, 2.05) is 6.07 Å². The quantitative estimate of drug-likeness (QED) is 0.351. The van der Waals surface area contributed by atoms with Gasteiger partial charge in [0.2, 0.25) is 0 Å². The van der Waals surface area contributed by atoms with Crippen LogP contribution in [0.15, 0.2) is 22.2 Å². The molecular formula is C23H18BrN3O3S. The van der Waals surface area contributed by atoms with E-state index in [4.69, 9.17) is 15.9 Å². The Kier molecular flexibility index (Phi) is 7.36. The topological polar surface area (TPSA) is 95.1 Å². The third kappa shape index (κ3) is 4.91.